The Hall–Kier alpha value is -1.92. The van der Waals surface area contributed by atoms with Crippen molar-refractivity contribution >= 4 is 28.9 Å². The lowest BCUT2D eigenvalue weighted by molar-refractivity contribution is 0.0948. The first-order valence-corrected chi connectivity index (χ1v) is 7.61. The van der Waals surface area contributed by atoms with Crippen molar-refractivity contribution < 1.29 is 4.79 Å². The summed E-state index contributed by atoms with van der Waals surface area (Å²) in [7, 11) is 2.08. The van der Waals surface area contributed by atoms with Crippen LogP contribution in [0.15, 0.2) is 23.4 Å². The van der Waals surface area contributed by atoms with Crippen LogP contribution in [0.5, 0.6) is 0 Å². The van der Waals surface area contributed by atoms with Gasteiger partial charge < -0.3 is 4.90 Å². The Morgan fingerprint density at radius 1 is 1.36 bits per heavy atom. The highest BCUT2D eigenvalue weighted by molar-refractivity contribution is 6.30. The molecule has 3 heterocycles. The number of carbonyl (C=O) groups excluding carboxylic acids is 1. The highest BCUT2D eigenvalue weighted by atomic mass is 35.5. The molecule has 1 amide bonds. The molecule has 2 aromatic heterocycles. The van der Waals surface area contributed by atoms with Gasteiger partial charge in [0.05, 0.1) is 10.7 Å². The Morgan fingerprint density at radius 2 is 2.09 bits per heavy atom. The largest absolute Gasteiger partial charge is 0.306 e. The Balaban J connectivity index is 1.82. The quantitative estimate of drug-likeness (QED) is 0.862. The zero-order valence-corrected chi connectivity index (χ0v) is 13.4. The summed E-state index contributed by atoms with van der Waals surface area (Å²) >= 11 is 6.00. The Morgan fingerprint density at radius 3 is 2.82 bits per heavy atom. The fraction of sp³-hybridized carbons (Fsp3) is 0.400. The van der Waals surface area contributed by atoms with E-state index >= 15 is 0 Å². The van der Waals surface area contributed by atoms with Gasteiger partial charge in [0, 0.05) is 37.8 Å². The molecule has 0 aromatic carbocycles. The molecule has 0 aliphatic carbocycles. The maximum Gasteiger partial charge on any atom is 0.290 e. The summed E-state index contributed by atoms with van der Waals surface area (Å²) in [6.45, 7) is 3.75. The van der Waals surface area contributed by atoms with Gasteiger partial charge in [-0.25, -0.2) is 10.4 Å². The molecular weight excluding hydrogens is 302 g/mol. The first-order chi connectivity index (χ1) is 10.5. The molecular formula is C15H18ClN5O. The van der Waals surface area contributed by atoms with Gasteiger partial charge in [-0.1, -0.05) is 11.6 Å². The topological polar surface area (TPSA) is 62.0 Å². The number of aryl methyl sites for hydroxylation is 1. The molecule has 0 bridgehead atoms. The summed E-state index contributed by atoms with van der Waals surface area (Å²) in [5.41, 5.74) is 5.49. The van der Waals surface area contributed by atoms with E-state index in [1.165, 1.54) is 0 Å². The standard InChI is InChI=1S/C15H18ClN5O/c1-10-14(21-9-11(16)3-4-13(21)17-10)15(22)19-18-12-5-7-20(2)8-6-12/h3-4,9H,5-8H2,1-2H3,(H,19,22). The van der Waals surface area contributed by atoms with Crippen LogP contribution in [0.4, 0.5) is 0 Å². The van der Waals surface area contributed by atoms with E-state index in [9.17, 15) is 4.79 Å². The van der Waals surface area contributed by atoms with Crippen LogP contribution in [0.2, 0.25) is 5.02 Å². The van der Waals surface area contributed by atoms with E-state index in [4.69, 9.17) is 11.6 Å². The van der Waals surface area contributed by atoms with Crippen molar-refractivity contribution in [2.24, 2.45) is 5.10 Å². The number of hydrogen-bond donors (Lipinski definition) is 1. The number of piperidine rings is 1. The van der Waals surface area contributed by atoms with Crippen molar-refractivity contribution in [3.8, 4) is 0 Å². The van der Waals surface area contributed by atoms with Crippen LogP contribution in [-0.2, 0) is 0 Å². The second-order valence-electron chi connectivity index (χ2n) is 5.54. The molecule has 0 atom stereocenters. The third-order valence-corrected chi connectivity index (χ3v) is 4.08. The molecule has 0 radical (unpaired) electrons. The second-order valence-corrected chi connectivity index (χ2v) is 5.98. The summed E-state index contributed by atoms with van der Waals surface area (Å²) < 4.78 is 1.70. The number of hydrogen-bond acceptors (Lipinski definition) is 4. The highest BCUT2D eigenvalue weighted by Gasteiger charge is 2.17. The van der Waals surface area contributed by atoms with Crippen LogP contribution in [0.25, 0.3) is 5.65 Å². The molecule has 1 aliphatic rings. The lowest BCUT2D eigenvalue weighted by Gasteiger charge is -2.22. The maximum absolute atomic E-state index is 12.4. The van der Waals surface area contributed by atoms with Crippen molar-refractivity contribution in [1.82, 2.24) is 19.7 Å². The molecule has 3 rings (SSSR count). The number of nitrogens with one attached hydrogen (secondary N) is 1. The summed E-state index contributed by atoms with van der Waals surface area (Å²) in [6.07, 6.45) is 3.46. The number of hydrazone groups is 1. The van der Waals surface area contributed by atoms with Crippen LogP contribution in [0.3, 0.4) is 0 Å². The number of imidazole rings is 1. The van der Waals surface area contributed by atoms with Gasteiger partial charge >= 0.3 is 0 Å². The molecule has 1 aliphatic heterocycles. The van der Waals surface area contributed by atoms with Crippen molar-refractivity contribution in [3.63, 3.8) is 0 Å². The summed E-state index contributed by atoms with van der Waals surface area (Å²) in [5.74, 6) is -0.265. The van der Waals surface area contributed by atoms with Crippen LogP contribution in [-0.4, -0.2) is 46.0 Å². The second kappa shape index (κ2) is 6.06. The predicted octanol–water partition coefficient (Wildman–Crippen LogP) is 2.11. The van der Waals surface area contributed by atoms with E-state index in [-0.39, 0.29) is 5.91 Å². The summed E-state index contributed by atoms with van der Waals surface area (Å²) in [4.78, 5) is 19.0. The third-order valence-electron chi connectivity index (χ3n) is 3.85. The summed E-state index contributed by atoms with van der Waals surface area (Å²) in [5, 5.41) is 4.82. The first-order valence-electron chi connectivity index (χ1n) is 7.23. The molecule has 6 nitrogen and oxygen atoms in total. The van der Waals surface area contributed by atoms with E-state index in [0.29, 0.717) is 22.1 Å². The van der Waals surface area contributed by atoms with Gasteiger partial charge in [-0.2, -0.15) is 5.10 Å². The zero-order valence-electron chi connectivity index (χ0n) is 12.6. The number of rotatable bonds is 2. The minimum Gasteiger partial charge on any atom is -0.306 e. The van der Waals surface area contributed by atoms with Crippen molar-refractivity contribution in [3.05, 3.63) is 34.7 Å². The molecule has 7 heteroatoms. The minimum atomic E-state index is -0.265. The van der Waals surface area contributed by atoms with Crippen molar-refractivity contribution in [2.75, 3.05) is 20.1 Å². The van der Waals surface area contributed by atoms with Crippen LogP contribution >= 0.6 is 11.6 Å². The fourth-order valence-electron chi connectivity index (χ4n) is 2.58. The molecule has 1 N–H and O–H groups in total. The number of aromatic nitrogens is 2. The lowest BCUT2D eigenvalue weighted by atomic mass is 10.1. The van der Waals surface area contributed by atoms with Gasteiger partial charge in [-0.15, -0.1) is 0 Å². The molecule has 0 saturated carbocycles. The molecule has 1 fully saturated rings. The summed E-state index contributed by atoms with van der Waals surface area (Å²) in [6, 6.07) is 3.54. The fourth-order valence-corrected chi connectivity index (χ4v) is 2.74. The molecule has 0 unspecified atom stereocenters. The molecule has 1 saturated heterocycles. The average molecular weight is 320 g/mol. The normalized spacial score (nSPS) is 16.0. The predicted molar refractivity (Wildman–Crippen MR) is 86.6 cm³/mol. The maximum atomic E-state index is 12.4. The highest BCUT2D eigenvalue weighted by Crippen LogP contribution is 2.16. The third kappa shape index (κ3) is 2.98. The van der Waals surface area contributed by atoms with E-state index in [1.54, 1.807) is 29.7 Å². The number of halogens is 1. The lowest BCUT2D eigenvalue weighted by Crippen LogP contribution is -2.32. The molecule has 2 aromatic rings. The first kappa shape index (κ1) is 15.0. The number of likely N-dealkylation sites (tertiary alicyclic amines) is 1. The SMILES string of the molecule is Cc1nc2ccc(Cl)cn2c1C(=O)NN=C1CCN(C)CC1. The molecule has 116 valence electrons. The number of fused-ring (bicyclic) bond motifs is 1. The molecule has 0 spiro atoms. The van der Waals surface area contributed by atoms with E-state index in [0.717, 1.165) is 31.6 Å². The number of carbonyl (C=O) groups is 1. The minimum absolute atomic E-state index is 0.265. The average Bonchev–Trinajstić information content (AvgIpc) is 2.81. The van der Waals surface area contributed by atoms with Gasteiger partial charge in [-0.05, 0) is 26.1 Å². The van der Waals surface area contributed by atoms with E-state index < -0.39 is 0 Å². The van der Waals surface area contributed by atoms with Gasteiger partial charge in [0.25, 0.3) is 5.91 Å². The van der Waals surface area contributed by atoms with Gasteiger partial charge in [0.15, 0.2) is 0 Å². The Kier molecular flexibility index (Phi) is 4.13. The van der Waals surface area contributed by atoms with E-state index in [1.807, 2.05) is 0 Å². The van der Waals surface area contributed by atoms with Gasteiger partial charge in [-0.3, -0.25) is 9.20 Å². The van der Waals surface area contributed by atoms with Gasteiger partial charge in [0.1, 0.15) is 11.3 Å². The smallest absolute Gasteiger partial charge is 0.290 e. The van der Waals surface area contributed by atoms with Crippen LogP contribution in [0, 0.1) is 6.92 Å². The number of amides is 1. The van der Waals surface area contributed by atoms with Crippen molar-refractivity contribution in [2.45, 2.75) is 19.8 Å². The zero-order chi connectivity index (χ0) is 15.7. The van der Waals surface area contributed by atoms with Crippen molar-refractivity contribution in [1.29, 1.82) is 0 Å². The number of nitrogens with zero attached hydrogens (tertiary/aromatic N) is 4. The Bertz CT molecular complexity index is 742. The monoisotopic (exact) mass is 319 g/mol. The Labute approximate surface area is 133 Å². The number of pyridine rings is 1. The molecule has 22 heavy (non-hydrogen) atoms. The van der Waals surface area contributed by atoms with Crippen LogP contribution < -0.4 is 5.43 Å². The van der Waals surface area contributed by atoms with Crippen LogP contribution in [0.1, 0.15) is 29.0 Å². The van der Waals surface area contributed by atoms with Gasteiger partial charge in [0.2, 0.25) is 0 Å². The van der Waals surface area contributed by atoms with E-state index in [2.05, 4.69) is 27.5 Å².